The van der Waals surface area contributed by atoms with Crippen LogP contribution in [-0.4, -0.2) is 53.0 Å². The molecule has 17 heavy (non-hydrogen) atoms. The molecule has 98 valence electrons. The molecule has 0 aromatic heterocycles. The lowest BCUT2D eigenvalue weighted by atomic mass is 10.1. The molecule has 0 spiro atoms. The summed E-state index contributed by atoms with van der Waals surface area (Å²) in [7, 11) is 0. The second-order valence-electron chi connectivity index (χ2n) is 5.03. The first-order valence-corrected chi connectivity index (χ1v) is 5.56. The average molecular weight is 245 g/mol. The molecule has 0 aliphatic carbocycles. The van der Waals surface area contributed by atoms with Crippen molar-refractivity contribution in [3.63, 3.8) is 0 Å². The van der Waals surface area contributed by atoms with Crippen molar-refractivity contribution in [2.24, 2.45) is 0 Å². The normalized spacial score (nSPS) is 25.5. The van der Waals surface area contributed by atoms with Gasteiger partial charge in [0.15, 0.2) is 6.04 Å². The Kier molecular flexibility index (Phi) is 3.98. The van der Waals surface area contributed by atoms with Gasteiger partial charge in [-0.25, -0.2) is 9.59 Å². The highest BCUT2D eigenvalue weighted by Crippen LogP contribution is 2.18. The van der Waals surface area contributed by atoms with E-state index >= 15 is 0 Å². The number of rotatable bonds is 1. The van der Waals surface area contributed by atoms with Crippen molar-refractivity contribution in [3.8, 4) is 0 Å². The molecule has 0 aromatic carbocycles. The van der Waals surface area contributed by atoms with Gasteiger partial charge >= 0.3 is 12.1 Å². The summed E-state index contributed by atoms with van der Waals surface area (Å²) in [6.07, 6.45) is -1.14. The third-order valence-corrected chi connectivity index (χ3v) is 2.37. The van der Waals surface area contributed by atoms with Crippen molar-refractivity contribution in [1.82, 2.24) is 4.90 Å². The number of aliphatic carboxylic acids is 1. The summed E-state index contributed by atoms with van der Waals surface area (Å²) in [6.45, 7) is 7.41. The van der Waals surface area contributed by atoms with E-state index in [2.05, 4.69) is 0 Å². The summed E-state index contributed by atoms with van der Waals surface area (Å²) in [6, 6.07) is -0.987. The van der Waals surface area contributed by atoms with Gasteiger partial charge in [0.2, 0.25) is 0 Å². The fourth-order valence-electron chi connectivity index (χ4n) is 1.68. The largest absolute Gasteiger partial charge is 0.480 e. The topological polar surface area (TPSA) is 76.1 Å². The van der Waals surface area contributed by atoms with Crippen molar-refractivity contribution >= 4 is 12.1 Å². The van der Waals surface area contributed by atoms with Crippen LogP contribution in [0, 0.1) is 0 Å². The molecule has 1 saturated heterocycles. The third-order valence-electron chi connectivity index (χ3n) is 2.37. The van der Waals surface area contributed by atoms with Gasteiger partial charge < -0.3 is 14.6 Å². The molecular weight excluding hydrogens is 226 g/mol. The molecule has 1 rings (SSSR count). The molecule has 0 radical (unpaired) electrons. The van der Waals surface area contributed by atoms with Crippen LogP contribution in [0.5, 0.6) is 0 Å². The first kappa shape index (κ1) is 13.8. The zero-order valence-electron chi connectivity index (χ0n) is 10.6. The maximum atomic E-state index is 11.9. The van der Waals surface area contributed by atoms with Gasteiger partial charge in [0, 0.05) is 6.54 Å². The molecule has 1 aliphatic heterocycles. The Morgan fingerprint density at radius 3 is 2.47 bits per heavy atom. The van der Waals surface area contributed by atoms with Gasteiger partial charge in [-0.3, -0.25) is 4.90 Å². The molecule has 1 N–H and O–H groups in total. The lowest BCUT2D eigenvalue weighted by Gasteiger charge is -2.37. The number of carbonyl (C=O) groups excluding carboxylic acids is 1. The number of carbonyl (C=O) groups is 2. The fraction of sp³-hybridized carbons (Fsp3) is 0.818. The SMILES string of the molecule is CC1OCCN(C(=O)OC(C)(C)C)C1C(=O)O. The highest BCUT2D eigenvalue weighted by molar-refractivity contribution is 5.81. The van der Waals surface area contributed by atoms with Gasteiger partial charge in [0.1, 0.15) is 5.60 Å². The maximum absolute atomic E-state index is 11.9. The summed E-state index contributed by atoms with van der Waals surface area (Å²) in [5.74, 6) is -1.08. The van der Waals surface area contributed by atoms with E-state index in [4.69, 9.17) is 14.6 Å². The van der Waals surface area contributed by atoms with Crippen LogP contribution in [0.2, 0.25) is 0 Å². The number of ether oxygens (including phenoxy) is 2. The van der Waals surface area contributed by atoms with Gasteiger partial charge in [-0.05, 0) is 27.7 Å². The summed E-state index contributed by atoms with van der Waals surface area (Å²) < 4.78 is 10.4. The van der Waals surface area contributed by atoms with Crippen LogP contribution in [0.1, 0.15) is 27.7 Å². The molecule has 2 unspecified atom stereocenters. The maximum Gasteiger partial charge on any atom is 0.411 e. The van der Waals surface area contributed by atoms with Crippen LogP contribution in [0.15, 0.2) is 0 Å². The van der Waals surface area contributed by atoms with E-state index in [1.807, 2.05) is 0 Å². The Morgan fingerprint density at radius 2 is 2.00 bits per heavy atom. The lowest BCUT2D eigenvalue weighted by Crippen LogP contribution is -2.57. The standard InChI is InChI=1S/C11H19NO5/c1-7-8(9(13)14)12(5-6-16-7)10(15)17-11(2,3)4/h7-8H,5-6H2,1-4H3,(H,13,14). The minimum atomic E-state index is -1.08. The van der Waals surface area contributed by atoms with Crippen LogP contribution >= 0.6 is 0 Å². The molecule has 6 nitrogen and oxygen atoms in total. The summed E-state index contributed by atoms with van der Waals surface area (Å²) in [5, 5.41) is 9.10. The van der Waals surface area contributed by atoms with Crippen molar-refractivity contribution in [3.05, 3.63) is 0 Å². The molecule has 1 amide bonds. The van der Waals surface area contributed by atoms with Crippen molar-refractivity contribution in [1.29, 1.82) is 0 Å². The van der Waals surface area contributed by atoms with E-state index < -0.39 is 29.8 Å². The second kappa shape index (κ2) is 4.91. The number of carboxylic acid groups (broad SMARTS) is 1. The Labute approximate surface area is 100 Å². The van der Waals surface area contributed by atoms with Crippen LogP contribution in [-0.2, 0) is 14.3 Å². The quantitative estimate of drug-likeness (QED) is 0.748. The number of nitrogens with zero attached hydrogens (tertiary/aromatic N) is 1. The molecule has 0 aromatic rings. The number of amides is 1. The highest BCUT2D eigenvalue weighted by Gasteiger charge is 2.39. The Morgan fingerprint density at radius 1 is 1.41 bits per heavy atom. The molecule has 1 fully saturated rings. The zero-order valence-corrected chi connectivity index (χ0v) is 10.6. The Bertz CT molecular complexity index is 309. The summed E-state index contributed by atoms with van der Waals surface area (Å²) in [5.41, 5.74) is -0.637. The van der Waals surface area contributed by atoms with Crippen LogP contribution < -0.4 is 0 Å². The molecule has 1 aliphatic rings. The number of hydrogen-bond donors (Lipinski definition) is 1. The van der Waals surface area contributed by atoms with E-state index in [9.17, 15) is 9.59 Å². The summed E-state index contributed by atoms with van der Waals surface area (Å²) in [4.78, 5) is 24.2. The van der Waals surface area contributed by atoms with Gasteiger partial charge in [-0.2, -0.15) is 0 Å². The van der Waals surface area contributed by atoms with Crippen LogP contribution in [0.3, 0.4) is 0 Å². The molecule has 6 heteroatoms. The van der Waals surface area contributed by atoms with Gasteiger partial charge in [-0.1, -0.05) is 0 Å². The average Bonchev–Trinajstić information content (AvgIpc) is 2.13. The first-order chi connectivity index (χ1) is 7.72. The number of hydrogen-bond acceptors (Lipinski definition) is 4. The summed E-state index contributed by atoms with van der Waals surface area (Å²) >= 11 is 0. The number of carboxylic acids is 1. The van der Waals surface area contributed by atoms with Crippen LogP contribution in [0.25, 0.3) is 0 Å². The molecule has 0 saturated carbocycles. The first-order valence-electron chi connectivity index (χ1n) is 5.56. The smallest absolute Gasteiger partial charge is 0.411 e. The third kappa shape index (κ3) is 3.59. The van der Waals surface area contributed by atoms with E-state index in [1.54, 1.807) is 27.7 Å². The van der Waals surface area contributed by atoms with Gasteiger partial charge in [0.25, 0.3) is 0 Å². The second-order valence-corrected chi connectivity index (χ2v) is 5.03. The predicted octanol–water partition coefficient (Wildman–Crippen LogP) is 1.10. The molecule has 0 bridgehead atoms. The predicted molar refractivity (Wildman–Crippen MR) is 59.8 cm³/mol. The Hall–Kier alpha value is -1.30. The monoisotopic (exact) mass is 245 g/mol. The highest BCUT2D eigenvalue weighted by atomic mass is 16.6. The van der Waals surface area contributed by atoms with Gasteiger partial charge in [-0.15, -0.1) is 0 Å². The van der Waals surface area contributed by atoms with E-state index in [-0.39, 0.29) is 6.54 Å². The van der Waals surface area contributed by atoms with Crippen molar-refractivity contribution in [2.45, 2.75) is 45.4 Å². The number of morpholine rings is 1. The van der Waals surface area contributed by atoms with Crippen molar-refractivity contribution < 1.29 is 24.2 Å². The van der Waals surface area contributed by atoms with E-state index in [1.165, 1.54) is 4.90 Å². The lowest BCUT2D eigenvalue weighted by molar-refractivity contribution is -0.154. The van der Waals surface area contributed by atoms with Crippen molar-refractivity contribution in [2.75, 3.05) is 13.2 Å². The molecule has 2 atom stereocenters. The Balaban J connectivity index is 2.79. The van der Waals surface area contributed by atoms with E-state index in [0.29, 0.717) is 6.61 Å². The zero-order chi connectivity index (χ0) is 13.2. The van der Waals surface area contributed by atoms with E-state index in [0.717, 1.165) is 0 Å². The molecule has 1 heterocycles. The fourth-order valence-corrected chi connectivity index (χ4v) is 1.68. The molecular formula is C11H19NO5. The minimum absolute atomic E-state index is 0.232. The van der Waals surface area contributed by atoms with Gasteiger partial charge in [0.05, 0.1) is 12.7 Å². The minimum Gasteiger partial charge on any atom is -0.480 e. The van der Waals surface area contributed by atoms with Crippen LogP contribution in [0.4, 0.5) is 4.79 Å².